The first-order chi connectivity index (χ1) is 9.45. The normalized spacial score (nSPS) is 11.8. The van der Waals surface area contributed by atoms with Gasteiger partial charge in [-0.15, -0.1) is 0 Å². The molecule has 0 bridgehead atoms. The molecule has 0 fully saturated rings. The number of ketones is 1. The van der Waals surface area contributed by atoms with Crippen molar-refractivity contribution in [3.05, 3.63) is 24.0 Å². The van der Waals surface area contributed by atoms with Gasteiger partial charge in [0.15, 0.2) is 0 Å². The number of hydrogen-bond donors (Lipinski definition) is 0. The summed E-state index contributed by atoms with van der Waals surface area (Å²) in [5, 5.41) is 0. The molecule has 1 heterocycles. The maximum Gasteiger partial charge on any atom is 0.454 e. The van der Waals surface area contributed by atoms with Gasteiger partial charge in [0.2, 0.25) is 0 Å². The Morgan fingerprint density at radius 2 is 1.70 bits per heavy atom. The fourth-order valence-corrected chi connectivity index (χ4v) is 2.13. The molecule has 0 aromatic carbocycles. The van der Waals surface area contributed by atoms with Crippen LogP contribution >= 0.6 is 0 Å². The molecule has 0 saturated heterocycles. The zero-order chi connectivity index (χ0) is 15.0. The van der Waals surface area contributed by atoms with E-state index < -0.39 is 12.0 Å². The van der Waals surface area contributed by atoms with Gasteiger partial charge < -0.3 is 4.57 Å². The van der Waals surface area contributed by atoms with Crippen LogP contribution in [0.2, 0.25) is 0 Å². The molecule has 0 saturated carbocycles. The number of alkyl halides is 3. The van der Waals surface area contributed by atoms with E-state index in [0.717, 1.165) is 19.3 Å². The van der Waals surface area contributed by atoms with Crippen LogP contribution in [0.15, 0.2) is 18.5 Å². The third-order valence-electron chi connectivity index (χ3n) is 3.29. The van der Waals surface area contributed by atoms with Crippen LogP contribution < -0.4 is 0 Å². The van der Waals surface area contributed by atoms with Gasteiger partial charge in [-0.2, -0.15) is 13.2 Å². The van der Waals surface area contributed by atoms with Gasteiger partial charge in [0.05, 0.1) is 0 Å². The third kappa shape index (κ3) is 5.80. The van der Waals surface area contributed by atoms with Gasteiger partial charge >= 0.3 is 6.18 Å². The van der Waals surface area contributed by atoms with Gasteiger partial charge in [0.1, 0.15) is 0 Å². The summed E-state index contributed by atoms with van der Waals surface area (Å²) in [5.74, 6) is -1.77. The number of rotatable bonds is 9. The smallest absolute Gasteiger partial charge is 0.354 e. The van der Waals surface area contributed by atoms with Gasteiger partial charge in [-0.3, -0.25) is 4.79 Å². The first-order valence-corrected chi connectivity index (χ1v) is 7.22. The van der Waals surface area contributed by atoms with E-state index in [9.17, 15) is 18.0 Å². The van der Waals surface area contributed by atoms with Crippen LogP contribution in [-0.2, 0) is 6.54 Å². The molecule has 0 amide bonds. The molecule has 1 rings (SSSR count). The molecule has 0 unspecified atom stereocenters. The van der Waals surface area contributed by atoms with Crippen molar-refractivity contribution in [2.75, 3.05) is 0 Å². The highest BCUT2D eigenvalue weighted by Gasteiger charge is 2.39. The third-order valence-corrected chi connectivity index (χ3v) is 3.29. The maximum atomic E-state index is 12.2. The summed E-state index contributed by atoms with van der Waals surface area (Å²) in [6, 6.07) is 1.23. The molecule has 0 radical (unpaired) electrons. The van der Waals surface area contributed by atoms with E-state index in [4.69, 9.17) is 0 Å². The second-order valence-electron chi connectivity index (χ2n) is 5.09. The molecule has 1 aromatic rings. The molecule has 2 nitrogen and oxygen atoms in total. The van der Waals surface area contributed by atoms with Crippen molar-refractivity contribution >= 4 is 5.78 Å². The fraction of sp³-hybridized carbons (Fsp3) is 0.667. The van der Waals surface area contributed by atoms with Gasteiger partial charge in [0, 0.05) is 24.5 Å². The molecule has 0 N–H and O–H groups in total. The number of nitrogens with zero attached hydrogens (tertiary/aromatic N) is 1. The average molecular weight is 289 g/mol. The molecule has 0 atom stereocenters. The average Bonchev–Trinajstić information content (AvgIpc) is 2.84. The van der Waals surface area contributed by atoms with E-state index in [1.165, 1.54) is 44.1 Å². The summed E-state index contributed by atoms with van der Waals surface area (Å²) < 4.78 is 38.4. The van der Waals surface area contributed by atoms with Crippen molar-refractivity contribution in [2.24, 2.45) is 0 Å². The van der Waals surface area contributed by atoms with Crippen molar-refractivity contribution in [3.63, 3.8) is 0 Å². The van der Waals surface area contributed by atoms with Crippen LogP contribution in [0.1, 0.15) is 62.2 Å². The van der Waals surface area contributed by atoms with E-state index >= 15 is 0 Å². The van der Waals surface area contributed by atoms with E-state index in [1.54, 1.807) is 4.57 Å². The number of unbranched alkanes of at least 4 members (excludes halogenated alkanes) is 6. The lowest BCUT2D eigenvalue weighted by atomic mass is 10.1. The van der Waals surface area contributed by atoms with E-state index in [0.29, 0.717) is 6.54 Å². The molecule has 1 aromatic heterocycles. The molecule has 0 aliphatic rings. The number of hydrogen-bond acceptors (Lipinski definition) is 1. The summed E-state index contributed by atoms with van der Waals surface area (Å²) in [7, 11) is 0. The second kappa shape index (κ2) is 8.12. The summed E-state index contributed by atoms with van der Waals surface area (Å²) >= 11 is 0. The van der Waals surface area contributed by atoms with Crippen LogP contribution in [-0.4, -0.2) is 16.5 Å². The Balaban J connectivity index is 2.26. The summed E-state index contributed by atoms with van der Waals surface area (Å²) in [4.78, 5) is 11.0. The Labute approximate surface area is 118 Å². The van der Waals surface area contributed by atoms with Crippen molar-refractivity contribution in [3.8, 4) is 0 Å². The van der Waals surface area contributed by atoms with Crippen LogP contribution in [0.3, 0.4) is 0 Å². The van der Waals surface area contributed by atoms with Gasteiger partial charge in [-0.05, 0) is 12.5 Å². The molecule has 0 spiro atoms. The largest absolute Gasteiger partial charge is 0.454 e. The van der Waals surface area contributed by atoms with Crippen molar-refractivity contribution in [2.45, 2.75) is 64.6 Å². The van der Waals surface area contributed by atoms with Gasteiger partial charge in [-0.1, -0.05) is 45.4 Å². The Morgan fingerprint density at radius 1 is 1.10 bits per heavy atom. The molecule has 0 aliphatic heterocycles. The Kier molecular flexibility index (Phi) is 6.82. The molecule has 0 aliphatic carbocycles. The van der Waals surface area contributed by atoms with Crippen LogP contribution in [0, 0.1) is 0 Å². The zero-order valence-electron chi connectivity index (χ0n) is 11.9. The lowest BCUT2D eigenvalue weighted by Crippen LogP contribution is -2.22. The minimum absolute atomic E-state index is 0.277. The zero-order valence-corrected chi connectivity index (χ0v) is 11.9. The fourth-order valence-electron chi connectivity index (χ4n) is 2.13. The number of carbonyl (C=O) groups is 1. The highest BCUT2D eigenvalue weighted by atomic mass is 19.4. The standard InChI is InChI=1S/C15H22F3NO/c1-2-3-4-5-6-7-8-10-19-11-9-13(12-19)14(20)15(16,17)18/h9,11-12H,2-8,10H2,1H3. The summed E-state index contributed by atoms with van der Waals surface area (Å²) in [6.07, 6.45) is 6.16. The van der Waals surface area contributed by atoms with Crippen LogP contribution in [0.25, 0.3) is 0 Å². The predicted octanol–water partition coefficient (Wildman–Crippen LogP) is 4.98. The number of aromatic nitrogens is 1. The van der Waals surface area contributed by atoms with Gasteiger partial charge in [0.25, 0.3) is 5.78 Å². The minimum Gasteiger partial charge on any atom is -0.354 e. The number of aryl methyl sites for hydroxylation is 1. The highest BCUT2D eigenvalue weighted by molar-refractivity contribution is 6.00. The lowest BCUT2D eigenvalue weighted by Gasteiger charge is -2.04. The summed E-state index contributed by atoms with van der Waals surface area (Å²) in [5.41, 5.74) is -0.277. The topological polar surface area (TPSA) is 22.0 Å². The Bertz CT molecular complexity index is 409. The monoisotopic (exact) mass is 289 g/mol. The molecular weight excluding hydrogens is 267 g/mol. The Morgan fingerprint density at radius 3 is 2.30 bits per heavy atom. The van der Waals surface area contributed by atoms with E-state index in [1.807, 2.05) is 0 Å². The Hall–Kier alpha value is -1.26. The van der Waals surface area contributed by atoms with E-state index in [2.05, 4.69) is 6.92 Å². The number of Topliss-reactive ketones (excluding diaryl/α,β-unsaturated/α-hetero) is 1. The van der Waals surface area contributed by atoms with Crippen LogP contribution in [0.5, 0.6) is 0 Å². The SMILES string of the molecule is CCCCCCCCCn1ccc(C(=O)C(F)(F)F)c1. The second-order valence-corrected chi connectivity index (χ2v) is 5.09. The van der Waals surface area contributed by atoms with Crippen molar-refractivity contribution in [1.29, 1.82) is 0 Å². The minimum atomic E-state index is -4.79. The van der Waals surface area contributed by atoms with Crippen molar-refractivity contribution < 1.29 is 18.0 Å². The molecule has 20 heavy (non-hydrogen) atoms. The lowest BCUT2D eigenvalue weighted by molar-refractivity contribution is -0.0885. The van der Waals surface area contributed by atoms with Crippen molar-refractivity contribution in [1.82, 2.24) is 4.57 Å². The van der Waals surface area contributed by atoms with E-state index in [-0.39, 0.29) is 5.56 Å². The number of halogens is 3. The molecule has 5 heteroatoms. The van der Waals surface area contributed by atoms with Crippen LogP contribution in [0.4, 0.5) is 13.2 Å². The molecular formula is C15H22F3NO. The highest BCUT2D eigenvalue weighted by Crippen LogP contribution is 2.21. The maximum absolute atomic E-state index is 12.2. The molecule has 114 valence electrons. The first kappa shape index (κ1) is 16.8. The number of carbonyl (C=O) groups excluding carboxylic acids is 1. The predicted molar refractivity (Wildman–Crippen MR) is 72.8 cm³/mol. The van der Waals surface area contributed by atoms with Gasteiger partial charge in [-0.25, -0.2) is 0 Å². The summed E-state index contributed by atoms with van der Waals surface area (Å²) in [6.45, 7) is 2.84. The first-order valence-electron chi connectivity index (χ1n) is 7.22. The quantitative estimate of drug-likeness (QED) is 0.464.